The lowest BCUT2D eigenvalue weighted by Crippen LogP contribution is -2.09. The molecule has 0 fully saturated rings. The molecular formula is C46H31NS. The van der Waals surface area contributed by atoms with E-state index < -0.39 is 0 Å². The van der Waals surface area contributed by atoms with Gasteiger partial charge in [-0.15, -0.1) is 11.3 Å². The minimum atomic E-state index is 1.13. The van der Waals surface area contributed by atoms with Crippen LogP contribution in [0.3, 0.4) is 0 Å². The van der Waals surface area contributed by atoms with Crippen molar-refractivity contribution < 1.29 is 0 Å². The Morgan fingerprint density at radius 1 is 0.333 bits per heavy atom. The molecule has 1 heterocycles. The standard InChI is InChI=1S/C46H31NS/c1-3-10-32(11-4-1)34-18-21-36(22-19-34)42-16-9-17-45-46(42)43-31-41(28-29-44(43)48-45)47(39-14-5-2-6-15-39)40-26-24-35(25-27-40)38-23-20-33-12-7-8-13-37(33)30-38/h1-31H. The Kier molecular flexibility index (Phi) is 7.07. The molecule has 0 radical (unpaired) electrons. The predicted molar refractivity (Wildman–Crippen MR) is 208 cm³/mol. The molecule has 9 aromatic rings. The number of hydrogen-bond acceptors (Lipinski definition) is 2. The number of para-hydroxylation sites is 1. The molecule has 226 valence electrons. The van der Waals surface area contributed by atoms with E-state index >= 15 is 0 Å². The minimum absolute atomic E-state index is 1.13. The van der Waals surface area contributed by atoms with Crippen LogP contribution in [0.2, 0.25) is 0 Å². The average Bonchev–Trinajstić information content (AvgIpc) is 3.54. The maximum Gasteiger partial charge on any atom is 0.0468 e. The normalized spacial score (nSPS) is 11.3. The average molecular weight is 630 g/mol. The van der Waals surface area contributed by atoms with Crippen LogP contribution < -0.4 is 4.90 Å². The quantitative estimate of drug-likeness (QED) is 0.177. The second-order valence-electron chi connectivity index (χ2n) is 12.2. The van der Waals surface area contributed by atoms with Gasteiger partial charge in [-0.3, -0.25) is 0 Å². The Labute approximate surface area is 284 Å². The van der Waals surface area contributed by atoms with E-state index in [9.17, 15) is 0 Å². The van der Waals surface area contributed by atoms with Crippen molar-refractivity contribution in [3.8, 4) is 33.4 Å². The number of fused-ring (bicyclic) bond motifs is 4. The molecule has 1 aromatic heterocycles. The maximum absolute atomic E-state index is 2.38. The Morgan fingerprint density at radius 2 is 0.917 bits per heavy atom. The molecule has 0 unspecified atom stereocenters. The lowest BCUT2D eigenvalue weighted by atomic mass is 9.97. The molecule has 0 atom stereocenters. The van der Waals surface area contributed by atoms with Crippen LogP contribution >= 0.6 is 11.3 Å². The molecule has 0 saturated heterocycles. The van der Waals surface area contributed by atoms with Gasteiger partial charge in [0.05, 0.1) is 0 Å². The summed E-state index contributed by atoms with van der Waals surface area (Å²) in [5.74, 6) is 0. The van der Waals surface area contributed by atoms with Gasteiger partial charge in [0.1, 0.15) is 0 Å². The lowest BCUT2D eigenvalue weighted by Gasteiger charge is -2.26. The first-order valence-electron chi connectivity index (χ1n) is 16.3. The summed E-state index contributed by atoms with van der Waals surface area (Å²) < 4.78 is 2.60. The van der Waals surface area contributed by atoms with Gasteiger partial charge in [0.25, 0.3) is 0 Å². The zero-order valence-electron chi connectivity index (χ0n) is 26.3. The summed E-state index contributed by atoms with van der Waals surface area (Å²) in [6, 6.07) is 68.1. The van der Waals surface area contributed by atoms with Gasteiger partial charge in [-0.2, -0.15) is 0 Å². The summed E-state index contributed by atoms with van der Waals surface area (Å²) in [5, 5.41) is 5.11. The van der Waals surface area contributed by atoms with E-state index in [1.54, 1.807) is 0 Å². The van der Waals surface area contributed by atoms with Crippen LogP contribution in [0, 0.1) is 0 Å². The van der Waals surface area contributed by atoms with Crippen molar-refractivity contribution in [1.29, 1.82) is 0 Å². The molecule has 9 rings (SSSR count). The molecule has 0 spiro atoms. The summed E-state index contributed by atoms with van der Waals surface area (Å²) in [5.41, 5.74) is 10.8. The van der Waals surface area contributed by atoms with Crippen molar-refractivity contribution in [2.45, 2.75) is 0 Å². The summed E-state index contributed by atoms with van der Waals surface area (Å²) in [6.45, 7) is 0. The largest absolute Gasteiger partial charge is 0.310 e. The Bertz CT molecular complexity index is 2530. The van der Waals surface area contributed by atoms with Gasteiger partial charge in [0.15, 0.2) is 0 Å². The van der Waals surface area contributed by atoms with Gasteiger partial charge in [0.2, 0.25) is 0 Å². The molecule has 0 aliphatic rings. The van der Waals surface area contributed by atoms with E-state index in [1.807, 2.05) is 11.3 Å². The summed E-state index contributed by atoms with van der Waals surface area (Å²) in [4.78, 5) is 2.37. The molecule has 0 amide bonds. The van der Waals surface area contributed by atoms with E-state index in [4.69, 9.17) is 0 Å². The first-order chi connectivity index (χ1) is 23.8. The highest BCUT2D eigenvalue weighted by molar-refractivity contribution is 7.26. The molecule has 1 nitrogen and oxygen atoms in total. The van der Waals surface area contributed by atoms with Gasteiger partial charge in [-0.1, -0.05) is 133 Å². The number of hydrogen-bond donors (Lipinski definition) is 0. The van der Waals surface area contributed by atoms with Crippen molar-refractivity contribution in [2.24, 2.45) is 0 Å². The third-order valence-electron chi connectivity index (χ3n) is 9.26. The Morgan fingerprint density at radius 3 is 1.71 bits per heavy atom. The summed E-state index contributed by atoms with van der Waals surface area (Å²) in [7, 11) is 0. The highest BCUT2D eigenvalue weighted by Gasteiger charge is 2.17. The van der Waals surface area contributed by atoms with Crippen molar-refractivity contribution in [2.75, 3.05) is 4.90 Å². The molecule has 0 aliphatic heterocycles. The van der Waals surface area contributed by atoms with Crippen LogP contribution in [0.4, 0.5) is 17.1 Å². The zero-order valence-corrected chi connectivity index (χ0v) is 27.1. The molecule has 0 aliphatic carbocycles. The van der Waals surface area contributed by atoms with Crippen molar-refractivity contribution in [3.63, 3.8) is 0 Å². The number of rotatable bonds is 6. The monoisotopic (exact) mass is 629 g/mol. The van der Waals surface area contributed by atoms with Gasteiger partial charge < -0.3 is 4.90 Å². The van der Waals surface area contributed by atoms with E-state index in [0.29, 0.717) is 0 Å². The first-order valence-corrected chi connectivity index (χ1v) is 17.2. The van der Waals surface area contributed by atoms with E-state index in [1.165, 1.54) is 64.3 Å². The molecule has 0 bridgehead atoms. The van der Waals surface area contributed by atoms with E-state index in [-0.39, 0.29) is 0 Å². The number of thiophene rings is 1. The van der Waals surface area contributed by atoms with E-state index in [2.05, 4.69) is 193 Å². The van der Waals surface area contributed by atoms with Crippen molar-refractivity contribution in [3.05, 3.63) is 188 Å². The van der Waals surface area contributed by atoms with Crippen LogP contribution in [0.1, 0.15) is 0 Å². The first kappa shape index (κ1) is 28.3. The SMILES string of the molecule is c1ccc(-c2ccc(-c3cccc4sc5ccc(N(c6ccccc6)c6ccc(-c7ccc8ccccc8c7)cc6)cc5c34)cc2)cc1. The second kappa shape index (κ2) is 12.0. The smallest absolute Gasteiger partial charge is 0.0468 e. The molecule has 0 saturated carbocycles. The highest BCUT2D eigenvalue weighted by atomic mass is 32.1. The number of nitrogens with zero attached hydrogens (tertiary/aromatic N) is 1. The van der Waals surface area contributed by atoms with Crippen LogP contribution in [-0.2, 0) is 0 Å². The van der Waals surface area contributed by atoms with E-state index in [0.717, 1.165) is 17.1 Å². The molecule has 0 N–H and O–H groups in total. The van der Waals surface area contributed by atoms with Gasteiger partial charge >= 0.3 is 0 Å². The topological polar surface area (TPSA) is 3.24 Å². The fraction of sp³-hybridized carbons (Fsp3) is 0. The van der Waals surface area contributed by atoms with Gasteiger partial charge in [-0.25, -0.2) is 0 Å². The zero-order chi connectivity index (χ0) is 31.9. The van der Waals surface area contributed by atoms with Crippen LogP contribution in [0.15, 0.2) is 188 Å². The third-order valence-corrected chi connectivity index (χ3v) is 10.4. The summed E-state index contributed by atoms with van der Waals surface area (Å²) >= 11 is 1.86. The molecular weight excluding hydrogens is 599 g/mol. The summed E-state index contributed by atoms with van der Waals surface area (Å²) in [6.07, 6.45) is 0. The highest BCUT2D eigenvalue weighted by Crippen LogP contribution is 2.44. The molecule has 2 heteroatoms. The fourth-order valence-electron chi connectivity index (χ4n) is 6.86. The van der Waals surface area contributed by atoms with Crippen molar-refractivity contribution >= 4 is 59.3 Å². The van der Waals surface area contributed by atoms with Crippen LogP contribution in [0.25, 0.3) is 64.3 Å². The Hall–Kier alpha value is -5.96. The lowest BCUT2D eigenvalue weighted by molar-refractivity contribution is 1.29. The third kappa shape index (κ3) is 5.13. The number of benzene rings is 8. The minimum Gasteiger partial charge on any atom is -0.310 e. The second-order valence-corrected chi connectivity index (χ2v) is 13.3. The van der Waals surface area contributed by atoms with Crippen LogP contribution in [0.5, 0.6) is 0 Å². The van der Waals surface area contributed by atoms with Crippen LogP contribution in [-0.4, -0.2) is 0 Å². The van der Waals surface area contributed by atoms with Crippen molar-refractivity contribution in [1.82, 2.24) is 0 Å². The molecule has 8 aromatic carbocycles. The van der Waals surface area contributed by atoms with Gasteiger partial charge in [-0.05, 0) is 98.8 Å². The number of anilines is 3. The predicted octanol–water partition coefficient (Wildman–Crippen LogP) is 13.7. The molecule has 48 heavy (non-hydrogen) atoms. The van der Waals surface area contributed by atoms with Gasteiger partial charge in [0, 0.05) is 37.2 Å². The Balaban J connectivity index is 1.14. The fourth-order valence-corrected chi connectivity index (χ4v) is 7.98. The maximum atomic E-state index is 2.38.